The summed E-state index contributed by atoms with van der Waals surface area (Å²) >= 11 is 0. The first-order chi connectivity index (χ1) is 11.6. The highest BCUT2D eigenvalue weighted by molar-refractivity contribution is 6.00. The lowest BCUT2D eigenvalue weighted by Gasteiger charge is -2.20. The van der Waals surface area contributed by atoms with Crippen LogP contribution in [0, 0.1) is 19.8 Å². The largest absolute Gasteiger partial charge is 0.461 e. The lowest BCUT2D eigenvalue weighted by atomic mass is 10.1. The third-order valence-electron chi connectivity index (χ3n) is 4.55. The topological polar surface area (TPSA) is 46.6 Å². The number of amides is 1. The van der Waals surface area contributed by atoms with Gasteiger partial charge in [0.1, 0.15) is 6.61 Å². The molecule has 0 aliphatic carbocycles. The number of carbonyl (C=O) groups is 2. The molecule has 0 aromatic heterocycles. The minimum Gasteiger partial charge on any atom is -0.461 e. The van der Waals surface area contributed by atoms with Crippen LogP contribution in [0.3, 0.4) is 0 Å². The molecule has 0 bridgehead atoms. The van der Waals surface area contributed by atoms with Gasteiger partial charge in [0.15, 0.2) is 0 Å². The summed E-state index contributed by atoms with van der Waals surface area (Å²) in [6, 6.07) is 15.4. The van der Waals surface area contributed by atoms with Crippen LogP contribution in [0.25, 0.3) is 0 Å². The van der Waals surface area contributed by atoms with E-state index in [1.165, 1.54) is 0 Å². The fourth-order valence-electron chi connectivity index (χ4n) is 2.97. The molecule has 1 aliphatic rings. The lowest BCUT2D eigenvalue weighted by molar-refractivity contribution is -0.149. The summed E-state index contributed by atoms with van der Waals surface area (Å²) < 4.78 is 5.38. The molecule has 1 heterocycles. The van der Waals surface area contributed by atoms with Gasteiger partial charge in [-0.3, -0.25) is 9.59 Å². The molecule has 0 N–H and O–H groups in total. The van der Waals surface area contributed by atoms with Gasteiger partial charge in [-0.25, -0.2) is 0 Å². The van der Waals surface area contributed by atoms with Crippen molar-refractivity contribution >= 4 is 17.6 Å². The molecule has 1 atom stereocenters. The van der Waals surface area contributed by atoms with Crippen molar-refractivity contribution in [2.45, 2.75) is 26.9 Å². The van der Waals surface area contributed by atoms with Gasteiger partial charge in [-0.1, -0.05) is 42.5 Å². The van der Waals surface area contributed by atoms with E-state index in [0.717, 1.165) is 22.4 Å². The van der Waals surface area contributed by atoms with Crippen LogP contribution in [-0.2, 0) is 20.9 Å². The zero-order valence-electron chi connectivity index (χ0n) is 14.0. The minimum atomic E-state index is -0.402. The van der Waals surface area contributed by atoms with Crippen LogP contribution >= 0.6 is 0 Å². The molecule has 4 heteroatoms. The van der Waals surface area contributed by atoms with Crippen LogP contribution in [0.1, 0.15) is 23.1 Å². The summed E-state index contributed by atoms with van der Waals surface area (Å²) in [7, 11) is 0. The maximum atomic E-state index is 12.3. The Balaban J connectivity index is 1.66. The summed E-state index contributed by atoms with van der Waals surface area (Å²) in [5.41, 5.74) is 4.04. The van der Waals surface area contributed by atoms with Crippen molar-refractivity contribution in [1.82, 2.24) is 0 Å². The number of benzene rings is 2. The molecule has 0 unspecified atom stereocenters. The Labute approximate surface area is 142 Å². The van der Waals surface area contributed by atoms with Crippen LogP contribution in [0.2, 0.25) is 0 Å². The first-order valence-electron chi connectivity index (χ1n) is 8.13. The Morgan fingerprint density at radius 2 is 1.88 bits per heavy atom. The highest BCUT2D eigenvalue weighted by Crippen LogP contribution is 2.29. The second-order valence-electron chi connectivity index (χ2n) is 6.22. The van der Waals surface area contributed by atoms with Gasteiger partial charge in [0, 0.05) is 18.7 Å². The number of hydrogen-bond acceptors (Lipinski definition) is 3. The number of anilines is 1. The predicted molar refractivity (Wildman–Crippen MR) is 92.6 cm³/mol. The molecule has 1 amide bonds. The average molecular weight is 323 g/mol. The number of ether oxygens (including phenoxy) is 1. The highest BCUT2D eigenvalue weighted by atomic mass is 16.5. The summed E-state index contributed by atoms with van der Waals surface area (Å²) in [5.74, 6) is -0.730. The third kappa shape index (κ3) is 3.32. The smallest absolute Gasteiger partial charge is 0.311 e. The van der Waals surface area contributed by atoms with E-state index in [4.69, 9.17) is 4.74 Å². The normalized spacial score (nSPS) is 17.2. The summed E-state index contributed by atoms with van der Waals surface area (Å²) in [4.78, 5) is 26.3. The van der Waals surface area contributed by atoms with Crippen molar-refractivity contribution in [3.8, 4) is 0 Å². The fraction of sp³-hybridized carbons (Fsp3) is 0.300. The van der Waals surface area contributed by atoms with Gasteiger partial charge in [0.25, 0.3) is 0 Å². The van der Waals surface area contributed by atoms with E-state index < -0.39 is 5.92 Å². The van der Waals surface area contributed by atoms with Gasteiger partial charge >= 0.3 is 5.97 Å². The van der Waals surface area contributed by atoms with Crippen LogP contribution in [-0.4, -0.2) is 18.4 Å². The zero-order chi connectivity index (χ0) is 17.1. The van der Waals surface area contributed by atoms with Gasteiger partial charge in [0.2, 0.25) is 5.91 Å². The first-order valence-corrected chi connectivity index (χ1v) is 8.13. The van der Waals surface area contributed by atoms with Gasteiger partial charge in [-0.2, -0.15) is 0 Å². The SMILES string of the molecule is Cc1cccc(N2C[C@@H](C(=O)OCc3ccccc3)CC2=O)c1C. The molecule has 1 saturated heterocycles. The Morgan fingerprint density at radius 3 is 2.62 bits per heavy atom. The van der Waals surface area contributed by atoms with E-state index >= 15 is 0 Å². The monoisotopic (exact) mass is 323 g/mol. The number of carbonyl (C=O) groups excluding carboxylic acids is 2. The molecule has 0 saturated carbocycles. The van der Waals surface area contributed by atoms with Crippen molar-refractivity contribution in [2.75, 3.05) is 11.4 Å². The Kier molecular flexibility index (Phi) is 4.65. The van der Waals surface area contributed by atoms with Gasteiger partial charge in [-0.15, -0.1) is 0 Å². The highest BCUT2D eigenvalue weighted by Gasteiger charge is 2.36. The molecule has 0 radical (unpaired) electrons. The van der Waals surface area contributed by atoms with Crippen molar-refractivity contribution in [3.05, 3.63) is 65.2 Å². The average Bonchev–Trinajstić information content (AvgIpc) is 2.98. The molecule has 24 heavy (non-hydrogen) atoms. The maximum absolute atomic E-state index is 12.3. The van der Waals surface area contributed by atoms with Crippen LogP contribution in [0.5, 0.6) is 0 Å². The number of esters is 1. The van der Waals surface area contributed by atoms with Crippen LogP contribution < -0.4 is 4.90 Å². The van der Waals surface area contributed by atoms with E-state index in [-0.39, 0.29) is 24.9 Å². The standard InChI is InChI=1S/C20H21NO3/c1-14-7-6-10-18(15(14)2)21-12-17(11-19(21)22)20(23)24-13-16-8-4-3-5-9-16/h3-10,17H,11-13H2,1-2H3/t17-/m0/s1. The molecule has 4 nitrogen and oxygen atoms in total. The van der Waals surface area contributed by atoms with Gasteiger partial charge < -0.3 is 9.64 Å². The van der Waals surface area contributed by atoms with Crippen LogP contribution in [0.15, 0.2) is 48.5 Å². The second kappa shape index (κ2) is 6.87. The molecule has 1 aliphatic heterocycles. The number of nitrogens with zero attached hydrogens (tertiary/aromatic N) is 1. The lowest BCUT2D eigenvalue weighted by Crippen LogP contribution is -2.27. The van der Waals surface area contributed by atoms with E-state index in [0.29, 0.717) is 6.54 Å². The zero-order valence-corrected chi connectivity index (χ0v) is 14.0. The van der Waals surface area contributed by atoms with E-state index in [9.17, 15) is 9.59 Å². The molecule has 0 spiro atoms. The van der Waals surface area contributed by atoms with Crippen molar-refractivity contribution in [3.63, 3.8) is 0 Å². The predicted octanol–water partition coefficient (Wildman–Crippen LogP) is 3.40. The Hall–Kier alpha value is -2.62. The summed E-state index contributed by atoms with van der Waals surface area (Å²) in [6.07, 6.45) is 0.209. The number of hydrogen-bond donors (Lipinski definition) is 0. The minimum absolute atomic E-state index is 0.0228. The van der Waals surface area contributed by atoms with E-state index in [2.05, 4.69) is 0 Å². The van der Waals surface area contributed by atoms with Gasteiger partial charge in [0.05, 0.1) is 5.92 Å². The van der Waals surface area contributed by atoms with E-state index in [1.54, 1.807) is 4.90 Å². The van der Waals surface area contributed by atoms with Gasteiger partial charge in [-0.05, 0) is 36.6 Å². The number of aryl methyl sites for hydroxylation is 1. The molecule has 1 fully saturated rings. The van der Waals surface area contributed by atoms with E-state index in [1.807, 2.05) is 62.4 Å². The Morgan fingerprint density at radius 1 is 1.12 bits per heavy atom. The second-order valence-corrected chi connectivity index (χ2v) is 6.22. The van der Waals surface area contributed by atoms with Crippen LogP contribution in [0.4, 0.5) is 5.69 Å². The molecule has 3 rings (SSSR count). The molecule has 2 aromatic carbocycles. The summed E-state index contributed by atoms with van der Waals surface area (Å²) in [6.45, 7) is 4.65. The maximum Gasteiger partial charge on any atom is 0.311 e. The fourth-order valence-corrected chi connectivity index (χ4v) is 2.97. The van der Waals surface area contributed by atoms with Crippen molar-refractivity contribution < 1.29 is 14.3 Å². The first kappa shape index (κ1) is 16.2. The molecular weight excluding hydrogens is 302 g/mol. The molecule has 2 aromatic rings. The van der Waals surface area contributed by atoms with Crippen molar-refractivity contribution in [1.29, 1.82) is 0 Å². The van der Waals surface area contributed by atoms with Crippen molar-refractivity contribution in [2.24, 2.45) is 5.92 Å². The molecular formula is C20H21NO3. The summed E-state index contributed by atoms with van der Waals surface area (Å²) in [5, 5.41) is 0. The Bertz CT molecular complexity index is 755. The molecule has 124 valence electrons. The quantitative estimate of drug-likeness (QED) is 0.810. The number of rotatable bonds is 4. The third-order valence-corrected chi connectivity index (χ3v) is 4.55.